The number of carbonyl (C=O) groups excluding carboxylic acids is 1. The first-order valence-corrected chi connectivity index (χ1v) is 9.53. The van der Waals surface area contributed by atoms with Crippen molar-refractivity contribution in [2.45, 2.75) is 26.7 Å². The van der Waals surface area contributed by atoms with Gasteiger partial charge in [-0.15, -0.1) is 0 Å². The number of rotatable bonds is 3. The Labute approximate surface area is 160 Å². The van der Waals surface area contributed by atoms with Crippen molar-refractivity contribution >= 4 is 28.3 Å². The summed E-state index contributed by atoms with van der Waals surface area (Å²) in [5, 5.41) is 3.89. The molecule has 1 N–H and O–H groups in total. The number of nitrogens with one attached hydrogen (secondary N) is 1. The van der Waals surface area contributed by atoms with Gasteiger partial charge in [0.05, 0.1) is 11.1 Å². The van der Waals surface area contributed by atoms with E-state index in [0.717, 1.165) is 41.9 Å². The Kier molecular flexibility index (Phi) is 4.56. The number of piperidine rings is 1. The first kappa shape index (κ1) is 17.5. The molecule has 1 saturated heterocycles. The van der Waals surface area contributed by atoms with Gasteiger partial charge in [0.1, 0.15) is 5.82 Å². The lowest BCUT2D eigenvalue weighted by Gasteiger charge is -2.39. The smallest absolute Gasteiger partial charge is 0.256 e. The van der Waals surface area contributed by atoms with Crippen LogP contribution in [0.2, 0.25) is 0 Å². The molecule has 138 valence electrons. The van der Waals surface area contributed by atoms with Gasteiger partial charge in [0.25, 0.3) is 5.91 Å². The Bertz CT molecular complexity index is 966. The van der Waals surface area contributed by atoms with Gasteiger partial charge in [0.2, 0.25) is 0 Å². The molecule has 1 amide bonds. The number of aromatic nitrogens is 1. The van der Waals surface area contributed by atoms with Crippen LogP contribution in [0.1, 0.15) is 37.0 Å². The zero-order valence-electron chi connectivity index (χ0n) is 15.9. The Balaban J connectivity index is 1.73. The fourth-order valence-corrected chi connectivity index (χ4v) is 3.85. The van der Waals surface area contributed by atoms with Gasteiger partial charge in [-0.1, -0.05) is 50.2 Å². The molecule has 0 unspecified atom stereocenters. The summed E-state index contributed by atoms with van der Waals surface area (Å²) in [7, 11) is 0. The predicted molar refractivity (Wildman–Crippen MR) is 111 cm³/mol. The second-order valence-corrected chi connectivity index (χ2v) is 8.05. The van der Waals surface area contributed by atoms with E-state index in [-0.39, 0.29) is 11.3 Å². The third kappa shape index (κ3) is 3.80. The summed E-state index contributed by atoms with van der Waals surface area (Å²) in [4.78, 5) is 20.2. The van der Waals surface area contributed by atoms with Crippen LogP contribution in [-0.2, 0) is 0 Å². The monoisotopic (exact) mass is 359 g/mol. The molecule has 3 aromatic rings. The van der Waals surface area contributed by atoms with E-state index in [0.29, 0.717) is 5.56 Å². The van der Waals surface area contributed by atoms with Crippen LogP contribution in [0, 0.1) is 5.41 Å². The molecule has 0 atom stereocenters. The summed E-state index contributed by atoms with van der Waals surface area (Å²) < 4.78 is 0. The third-order valence-electron chi connectivity index (χ3n) is 5.20. The second-order valence-electron chi connectivity index (χ2n) is 8.05. The van der Waals surface area contributed by atoms with E-state index < -0.39 is 0 Å². The summed E-state index contributed by atoms with van der Waals surface area (Å²) >= 11 is 0. The molecular formula is C23H25N3O. The number of fused-ring (bicyclic) bond motifs is 1. The van der Waals surface area contributed by atoms with Crippen molar-refractivity contribution in [3.8, 4) is 0 Å². The Morgan fingerprint density at radius 2 is 1.81 bits per heavy atom. The van der Waals surface area contributed by atoms with Gasteiger partial charge in [0, 0.05) is 24.2 Å². The van der Waals surface area contributed by atoms with Crippen LogP contribution in [-0.4, -0.2) is 24.0 Å². The number of carbonyl (C=O) groups is 1. The molecular weight excluding hydrogens is 334 g/mol. The highest BCUT2D eigenvalue weighted by Crippen LogP contribution is 2.32. The molecule has 2 aromatic carbocycles. The molecule has 0 saturated carbocycles. The molecule has 0 radical (unpaired) electrons. The number of para-hydroxylation sites is 2. The summed E-state index contributed by atoms with van der Waals surface area (Å²) in [5.74, 6) is 0.789. The van der Waals surface area contributed by atoms with Gasteiger partial charge in [-0.25, -0.2) is 4.98 Å². The minimum absolute atomic E-state index is 0.0997. The van der Waals surface area contributed by atoms with E-state index in [2.05, 4.69) is 24.1 Å². The molecule has 4 nitrogen and oxygen atoms in total. The van der Waals surface area contributed by atoms with Crippen LogP contribution in [0.15, 0.2) is 60.7 Å². The predicted octanol–water partition coefficient (Wildman–Crippen LogP) is 5.11. The standard InChI is InChI=1S/C23H25N3O/c1-23(2)13-8-14-26(16-23)21-15-19(18-11-6-7-12-20(18)25-21)22(27)24-17-9-4-3-5-10-17/h3-7,9-12,15H,8,13-14,16H2,1-2H3,(H,24,27). The van der Waals surface area contributed by atoms with Gasteiger partial charge in [0.15, 0.2) is 0 Å². The van der Waals surface area contributed by atoms with Crippen molar-refractivity contribution in [3.63, 3.8) is 0 Å². The molecule has 4 heteroatoms. The van der Waals surface area contributed by atoms with E-state index in [1.165, 1.54) is 6.42 Å². The summed E-state index contributed by atoms with van der Waals surface area (Å²) in [6.07, 6.45) is 2.37. The number of hydrogen-bond donors (Lipinski definition) is 1. The largest absolute Gasteiger partial charge is 0.356 e. The van der Waals surface area contributed by atoms with Gasteiger partial charge >= 0.3 is 0 Å². The number of benzene rings is 2. The second kappa shape index (κ2) is 7.03. The summed E-state index contributed by atoms with van der Waals surface area (Å²) in [6, 6.07) is 19.4. The molecule has 2 heterocycles. The maximum atomic E-state index is 13.0. The fourth-order valence-electron chi connectivity index (χ4n) is 3.85. The van der Waals surface area contributed by atoms with Crippen LogP contribution < -0.4 is 10.2 Å². The van der Waals surface area contributed by atoms with Crippen molar-refractivity contribution < 1.29 is 4.79 Å². The molecule has 4 rings (SSSR count). The number of nitrogens with zero attached hydrogens (tertiary/aromatic N) is 2. The molecule has 0 spiro atoms. The highest BCUT2D eigenvalue weighted by atomic mass is 16.1. The maximum absolute atomic E-state index is 13.0. The van der Waals surface area contributed by atoms with Crippen LogP contribution in [0.3, 0.4) is 0 Å². The Morgan fingerprint density at radius 1 is 1.07 bits per heavy atom. The van der Waals surface area contributed by atoms with E-state index >= 15 is 0 Å². The topological polar surface area (TPSA) is 45.2 Å². The molecule has 1 aromatic heterocycles. The molecule has 1 aliphatic heterocycles. The highest BCUT2D eigenvalue weighted by molar-refractivity contribution is 6.13. The number of pyridine rings is 1. The molecule has 0 aliphatic carbocycles. The molecule has 27 heavy (non-hydrogen) atoms. The average Bonchev–Trinajstić information content (AvgIpc) is 2.67. The average molecular weight is 359 g/mol. The van der Waals surface area contributed by atoms with Gasteiger partial charge in [-0.05, 0) is 42.5 Å². The molecule has 0 bridgehead atoms. The SMILES string of the molecule is CC1(C)CCCN(c2cc(C(=O)Nc3ccccc3)c3ccccc3n2)C1. The minimum atomic E-state index is -0.0997. The zero-order valence-corrected chi connectivity index (χ0v) is 15.9. The maximum Gasteiger partial charge on any atom is 0.256 e. The Morgan fingerprint density at radius 3 is 2.59 bits per heavy atom. The van der Waals surface area contributed by atoms with E-state index in [1.807, 2.05) is 60.7 Å². The fraction of sp³-hybridized carbons (Fsp3) is 0.304. The zero-order chi connectivity index (χ0) is 18.9. The van der Waals surface area contributed by atoms with Gasteiger partial charge in [-0.3, -0.25) is 4.79 Å². The van der Waals surface area contributed by atoms with Gasteiger partial charge in [-0.2, -0.15) is 0 Å². The first-order valence-electron chi connectivity index (χ1n) is 9.53. The summed E-state index contributed by atoms with van der Waals surface area (Å²) in [5.41, 5.74) is 2.58. The number of amides is 1. The van der Waals surface area contributed by atoms with Gasteiger partial charge < -0.3 is 10.2 Å². The Hall–Kier alpha value is -2.88. The van der Waals surface area contributed by atoms with Crippen LogP contribution in [0.5, 0.6) is 0 Å². The van der Waals surface area contributed by atoms with Crippen molar-refractivity contribution in [1.82, 2.24) is 4.98 Å². The van der Waals surface area contributed by atoms with Crippen molar-refractivity contribution in [2.75, 3.05) is 23.3 Å². The first-order chi connectivity index (χ1) is 13.0. The quantitative estimate of drug-likeness (QED) is 0.706. The van der Waals surface area contributed by atoms with Crippen LogP contribution >= 0.6 is 0 Å². The van der Waals surface area contributed by atoms with Crippen molar-refractivity contribution in [1.29, 1.82) is 0 Å². The highest BCUT2D eigenvalue weighted by Gasteiger charge is 2.28. The van der Waals surface area contributed by atoms with Crippen LogP contribution in [0.25, 0.3) is 10.9 Å². The number of hydrogen-bond acceptors (Lipinski definition) is 3. The molecule has 1 aliphatic rings. The van der Waals surface area contributed by atoms with Crippen molar-refractivity contribution in [2.24, 2.45) is 5.41 Å². The van der Waals surface area contributed by atoms with Crippen LogP contribution in [0.4, 0.5) is 11.5 Å². The minimum Gasteiger partial charge on any atom is -0.356 e. The van der Waals surface area contributed by atoms with E-state index in [9.17, 15) is 4.79 Å². The lowest BCUT2D eigenvalue weighted by Crippen LogP contribution is -2.40. The lowest BCUT2D eigenvalue weighted by molar-refractivity contribution is 0.102. The number of anilines is 2. The van der Waals surface area contributed by atoms with E-state index in [1.54, 1.807) is 0 Å². The lowest BCUT2D eigenvalue weighted by atomic mass is 9.84. The van der Waals surface area contributed by atoms with E-state index in [4.69, 9.17) is 4.98 Å². The normalized spacial score (nSPS) is 16.3. The molecule has 1 fully saturated rings. The van der Waals surface area contributed by atoms with Crippen molar-refractivity contribution in [3.05, 3.63) is 66.2 Å². The third-order valence-corrected chi connectivity index (χ3v) is 5.20. The summed E-state index contributed by atoms with van der Waals surface area (Å²) in [6.45, 7) is 6.53.